The van der Waals surface area contributed by atoms with Crippen LogP contribution in [0.4, 0.5) is 0 Å². The Morgan fingerprint density at radius 3 is 2.63 bits per heavy atom. The van der Waals surface area contributed by atoms with E-state index >= 15 is 0 Å². The molecule has 0 saturated carbocycles. The molecule has 6 nitrogen and oxygen atoms in total. The molecule has 2 amide bonds. The highest BCUT2D eigenvalue weighted by molar-refractivity contribution is 5.87. The van der Waals surface area contributed by atoms with Gasteiger partial charge in [-0.1, -0.05) is 30.3 Å². The first-order valence-electron chi connectivity index (χ1n) is 9.72. The van der Waals surface area contributed by atoms with Gasteiger partial charge in [-0.15, -0.1) is 0 Å². The summed E-state index contributed by atoms with van der Waals surface area (Å²) in [6.07, 6.45) is 3.63. The molecule has 27 heavy (non-hydrogen) atoms. The van der Waals surface area contributed by atoms with Gasteiger partial charge in [0.25, 0.3) is 0 Å². The Labute approximate surface area is 160 Å². The minimum Gasteiger partial charge on any atom is -0.469 e. The standard InChI is InChI=1S/C21H28N2O4/c1-27-19(25)9-8-18(24)23-15-12-21(16-23)11-5-13-22(20(21)26)14-10-17-6-3-2-4-7-17/h2-4,6-7H,5,8-16H2,1H3. The van der Waals surface area contributed by atoms with Crippen LogP contribution in [0.5, 0.6) is 0 Å². The maximum Gasteiger partial charge on any atom is 0.306 e. The summed E-state index contributed by atoms with van der Waals surface area (Å²) < 4.78 is 4.60. The van der Waals surface area contributed by atoms with Crippen molar-refractivity contribution < 1.29 is 19.1 Å². The normalized spacial score (nSPS) is 22.3. The van der Waals surface area contributed by atoms with Gasteiger partial charge in [0.2, 0.25) is 11.8 Å². The number of rotatable bonds is 6. The van der Waals surface area contributed by atoms with Crippen molar-refractivity contribution >= 4 is 17.8 Å². The molecule has 0 radical (unpaired) electrons. The van der Waals surface area contributed by atoms with Crippen molar-refractivity contribution in [2.75, 3.05) is 33.3 Å². The second kappa shape index (κ2) is 8.55. The van der Waals surface area contributed by atoms with Crippen LogP contribution in [0.3, 0.4) is 0 Å². The zero-order valence-electron chi connectivity index (χ0n) is 16.0. The summed E-state index contributed by atoms with van der Waals surface area (Å²) >= 11 is 0. The SMILES string of the molecule is COC(=O)CCC(=O)N1CCC2(CCCN(CCc3ccccc3)C2=O)C1. The van der Waals surface area contributed by atoms with Gasteiger partial charge in [-0.3, -0.25) is 14.4 Å². The van der Waals surface area contributed by atoms with Gasteiger partial charge in [-0.05, 0) is 31.2 Å². The molecule has 146 valence electrons. The van der Waals surface area contributed by atoms with Crippen LogP contribution >= 0.6 is 0 Å². The molecule has 2 saturated heterocycles. The first kappa shape index (κ1) is 19.4. The number of nitrogens with zero attached hydrogens (tertiary/aromatic N) is 2. The molecule has 0 aliphatic carbocycles. The van der Waals surface area contributed by atoms with Crippen LogP contribution in [0.1, 0.15) is 37.7 Å². The van der Waals surface area contributed by atoms with Crippen molar-refractivity contribution in [3.63, 3.8) is 0 Å². The molecule has 1 aromatic rings. The van der Waals surface area contributed by atoms with E-state index in [4.69, 9.17) is 0 Å². The van der Waals surface area contributed by atoms with E-state index in [1.165, 1.54) is 12.7 Å². The van der Waals surface area contributed by atoms with Gasteiger partial charge in [-0.25, -0.2) is 0 Å². The Kier molecular flexibility index (Phi) is 6.14. The molecular formula is C21H28N2O4. The lowest BCUT2D eigenvalue weighted by atomic mass is 9.78. The Hall–Kier alpha value is -2.37. The molecule has 0 aromatic heterocycles. The van der Waals surface area contributed by atoms with Crippen LogP contribution in [0.15, 0.2) is 30.3 Å². The quantitative estimate of drug-likeness (QED) is 0.717. The second-order valence-corrected chi connectivity index (χ2v) is 7.55. The van der Waals surface area contributed by atoms with Crippen molar-refractivity contribution in [1.29, 1.82) is 0 Å². The summed E-state index contributed by atoms with van der Waals surface area (Å²) in [5, 5.41) is 0. The molecule has 2 heterocycles. The Bertz CT molecular complexity index is 691. The Morgan fingerprint density at radius 1 is 1.11 bits per heavy atom. The lowest BCUT2D eigenvalue weighted by Crippen LogP contribution is -2.50. The van der Waals surface area contributed by atoms with Gasteiger partial charge >= 0.3 is 5.97 Å². The average molecular weight is 372 g/mol. The van der Waals surface area contributed by atoms with Crippen molar-refractivity contribution in [2.24, 2.45) is 5.41 Å². The number of carbonyl (C=O) groups is 3. The van der Waals surface area contributed by atoms with E-state index in [9.17, 15) is 14.4 Å². The highest BCUT2D eigenvalue weighted by atomic mass is 16.5. The molecule has 2 aliphatic heterocycles. The molecule has 0 N–H and O–H groups in total. The monoisotopic (exact) mass is 372 g/mol. The molecule has 1 spiro atoms. The van der Waals surface area contributed by atoms with Gasteiger partial charge in [0.05, 0.1) is 18.9 Å². The molecule has 1 unspecified atom stereocenters. The maximum absolute atomic E-state index is 13.2. The number of hydrogen-bond donors (Lipinski definition) is 0. The number of ether oxygens (including phenoxy) is 1. The number of amides is 2. The summed E-state index contributed by atoms with van der Waals surface area (Å²) in [5.74, 6) is -0.252. The van der Waals surface area contributed by atoms with Crippen molar-refractivity contribution in [3.8, 4) is 0 Å². The molecule has 3 rings (SSSR count). The minimum atomic E-state index is -0.435. The number of methoxy groups -OCH3 is 1. The van der Waals surface area contributed by atoms with E-state index in [1.54, 1.807) is 4.90 Å². The number of benzene rings is 1. The van der Waals surface area contributed by atoms with Crippen LogP contribution < -0.4 is 0 Å². The highest BCUT2D eigenvalue weighted by Crippen LogP contribution is 2.40. The molecule has 2 aliphatic rings. The van der Waals surface area contributed by atoms with Crippen molar-refractivity contribution in [1.82, 2.24) is 9.80 Å². The highest BCUT2D eigenvalue weighted by Gasteiger charge is 2.49. The summed E-state index contributed by atoms with van der Waals surface area (Å²) in [6, 6.07) is 10.2. The van der Waals surface area contributed by atoms with Gasteiger partial charge in [0.15, 0.2) is 0 Å². The van der Waals surface area contributed by atoms with E-state index < -0.39 is 5.41 Å². The number of likely N-dealkylation sites (tertiary alicyclic amines) is 2. The van der Waals surface area contributed by atoms with Gasteiger partial charge in [0, 0.05) is 32.6 Å². The smallest absolute Gasteiger partial charge is 0.306 e. The number of esters is 1. The number of piperidine rings is 1. The van der Waals surface area contributed by atoms with E-state index in [0.29, 0.717) is 13.1 Å². The predicted molar refractivity (Wildman–Crippen MR) is 101 cm³/mol. The first-order valence-corrected chi connectivity index (χ1v) is 9.72. The van der Waals surface area contributed by atoms with Gasteiger partial charge in [-0.2, -0.15) is 0 Å². The fourth-order valence-corrected chi connectivity index (χ4v) is 4.21. The molecule has 1 atom stereocenters. The zero-order chi connectivity index (χ0) is 19.3. The van der Waals surface area contributed by atoms with E-state index in [1.807, 2.05) is 23.1 Å². The third kappa shape index (κ3) is 4.49. The van der Waals surface area contributed by atoms with Crippen LogP contribution in [-0.2, 0) is 25.5 Å². The van der Waals surface area contributed by atoms with Crippen molar-refractivity contribution in [2.45, 2.75) is 38.5 Å². The third-order valence-corrected chi connectivity index (χ3v) is 5.81. The topological polar surface area (TPSA) is 66.9 Å². The number of carbonyl (C=O) groups excluding carboxylic acids is 3. The van der Waals surface area contributed by atoms with Crippen LogP contribution in [0.25, 0.3) is 0 Å². The van der Waals surface area contributed by atoms with E-state index in [2.05, 4.69) is 16.9 Å². The fourth-order valence-electron chi connectivity index (χ4n) is 4.21. The second-order valence-electron chi connectivity index (χ2n) is 7.55. The lowest BCUT2D eigenvalue weighted by molar-refractivity contribution is -0.147. The molecule has 6 heteroatoms. The van der Waals surface area contributed by atoms with Crippen molar-refractivity contribution in [3.05, 3.63) is 35.9 Å². The molecular weight excluding hydrogens is 344 g/mol. The zero-order valence-corrected chi connectivity index (χ0v) is 16.0. The largest absolute Gasteiger partial charge is 0.469 e. The van der Waals surface area contributed by atoms with Gasteiger partial charge < -0.3 is 14.5 Å². The molecule has 1 aromatic carbocycles. The average Bonchev–Trinajstić information content (AvgIpc) is 3.13. The van der Waals surface area contributed by atoms with Crippen LogP contribution in [0.2, 0.25) is 0 Å². The Balaban J connectivity index is 1.56. The Morgan fingerprint density at radius 2 is 1.89 bits per heavy atom. The molecule has 2 fully saturated rings. The summed E-state index contributed by atoms with van der Waals surface area (Å²) in [6.45, 7) is 2.59. The van der Waals surface area contributed by atoms with E-state index in [-0.39, 0.29) is 30.6 Å². The minimum absolute atomic E-state index is 0.0634. The fraction of sp³-hybridized carbons (Fsp3) is 0.571. The predicted octanol–water partition coefficient (Wildman–Crippen LogP) is 2.02. The lowest BCUT2D eigenvalue weighted by Gasteiger charge is -2.39. The molecule has 0 bridgehead atoms. The van der Waals surface area contributed by atoms with E-state index in [0.717, 1.165) is 38.8 Å². The van der Waals surface area contributed by atoms with Crippen LogP contribution in [0, 0.1) is 5.41 Å². The summed E-state index contributed by atoms with van der Waals surface area (Å²) in [7, 11) is 1.32. The maximum atomic E-state index is 13.2. The third-order valence-electron chi connectivity index (χ3n) is 5.81. The van der Waals surface area contributed by atoms with Crippen LogP contribution in [-0.4, -0.2) is 60.9 Å². The summed E-state index contributed by atoms with van der Waals surface area (Å²) in [5.41, 5.74) is 0.798. The summed E-state index contributed by atoms with van der Waals surface area (Å²) in [4.78, 5) is 40.5. The van der Waals surface area contributed by atoms with Gasteiger partial charge in [0.1, 0.15) is 0 Å². The number of hydrogen-bond acceptors (Lipinski definition) is 4. The first-order chi connectivity index (χ1) is 13.0.